The van der Waals surface area contributed by atoms with E-state index in [1.807, 2.05) is 43.3 Å². The van der Waals surface area contributed by atoms with Crippen molar-refractivity contribution in [3.63, 3.8) is 0 Å². The Morgan fingerprint density at radius 1 is 1.36 bits per heavy atom. The van der Waals surface area contributed by atoms with Gasteiger partial charge in [-0.15, -0.1) is 11.3 Å². The van der Waals surface area contributed by atoms with Crippen molar-refractivity contribution in [1.82, 2.24) is 4.98 Å². The molecule has 0 amide bonds. The quantitative estimate of drug-likeness (QED) is 0.514. The van der Waals surface area contributed by atoms with Gasteiger partial charge in [0.25, 0.3) is 0 Å². The molecule has 4 nitrogen and oxygen atoms in total. The average molecular weight is 415 g/mol. The minimum Gasteiger partial charge on any atom is -0.493 e. The summed E-state index contributed by atoms with van der Waals surface area (Å²) in [5.74, 6) is 1.27. The van der Waals surface area contributed by atoms with Crippen molar-refractivity contribution < 1.29 is 9.47 Å². The molecule has 0 aliphatic heterocycles. The Balaban J connectivity index is 2.05. The fourth-order valence-corrected chi connectivity index (χ4v) is 3.91. The lowest BCUT2D eigenvalue weighted by atomic mass is 10.1. The van der Waals surface area contributed by atoms with Crippen LogP contribution in [-0.4, -0.2) is 18.7 Å². The number of hydrogen-bond acceptors (Lipinski definition) is 5. The van der Waals surface area contributed by atoms with Crippen LogP contribution in [0, 0.1) is 11.3 Å². The van der Waals surface area contributed by atoms with Gasteiger partial charge in [0.15, 0.2) is 11.5 Å². The van der Waals surface area contributed by atoms with Crippen LogP contribution in [0.4, 0.5) is 0 Å². The number of methoxy groups -OCH3 is 1. The molecule has 0 fully saturated rings. The van der Waals surface area contributed by atoms with E-state index in [-0.39, 0.29) is 0 Å². The summed E-state index contributed by atoms with van der Waals surface area (Å²) in [6.45, 7) is 2.46. The summed E-state index contributed by atoms with van der Waals surface area (Å²) in [6, 6.07) is 13.8. The van der Waals surface area contributed by atoms with E-state index in [0.29, 0.717) is 28.7 Å². The van der Waals surface area contributed by atoms with Gasteiger partial charge in [-0.25, -0.2) is 4.98 Å². The van der Waals surface area contributed by atoms with Gasteiger partial charge in [0.05, 0.1) is 34.0 Å². The van der Waals surface area contributed by atoms with Crippen LogP contribution in [0.5, 0.6) is 11.5 Å². The molecule has 2 aromatic carbocycles. The van der Waals surface area contributed by atoms with Crippen LogP contribution in [0.2, 0.25) is 0 Å². The third-order valence-corrected chi connectivity index (χ3v) is 5.15. The number of fused-ring (bicyclic) bond motifs is 1. The molecule has 3 aromatic rings. The highest BCUT2D eigenvalue weighted by Crippen LogP contribution is 2.38. The first-order chi connectivity index (χ1) is 12.2. The van der Waals surface area contributed by atoms with E-state index in [1.54, 1.807) is 13.2 Å². The largest absolute Gasteiger partial charge is 0.493 e. The van der Waals surface area contributed by atoms with Gasteiger partial charge in [0.1, 0.15) is 11.1 Å². The maximum absolute atomic E-state index is 9.58. The second-order valence-electron chi connectivity index (χ2n) is 5.12. The monoisotopic (exact) mass is 414 g/mol. The molecular weight excluding hydrogens is 400 g/mol. The van der Waals surface area contributed by atoms with Crippen molar-refractivity contribution >= 4 is 49.1 Å². The smallest absolute Gasteiger partial charge is 0.175 e. The van der Waals surface area contributed by atoms with Gasteiger partial charge >= 0.3 is 0 Å². The van der Waals surface area contributed by atoms with Gasteiger partial charge in [0, 0.05) is 0 Å². The molecule has 0 aliphatic rings. The maximum atomic E-state index is 9.58. The first-order valence-corrected chi connectivity index (χ1v) is 9.25. The number of nitrogens with zero attached hydrogens (tertiary/aromatic N) is 2. The second kappa shape index (κ2) is 7.68. The fraction of sp³-hybridized carbons (Fsp3) is 0.158. The molecule has 0 spiro atoms. The second-order valence-corrected chi connectivity index (χ2v) is 7.01. The number of hydrogen-bond donors (Lipinski definition) is 0. The standard InChI is InChI=1S/C19H15BrN2O2S/c1-3-24-18-14(20)9-12(10-16(18)23-2)8-13(11-21)19-22-15-6-4-5-7-17(15)25-19/h4-10H,3H2,1-2H3/b13-8+. The average Bonchev–Trinajstić information content (AvgIpc) is 3.05. The summed E-state index contributed by atoms with van der Waals surface area (Å²) >= 11 is 5.01. The molecule has 0 saturated heterocycles. The Labute approximate surface area is 158 Å². The van der Waals surface area contributed by atoms with Crippen LogP contribution >= 0.6 is 27.3 Å². The van der Waals surface area contributed by atoms with E-state index in [1.165, 1.54) is 11.3 Å². The molecule has 0 aliphatic carbocycles. The minimum absolute atomic E-state index is 0.513. The number of rotatable bonds is 5. The highest BCUT2D eigenvalue weighted by atomic mass is 79.9. The van der Waals surface area contributed by atoms with Crippen LogP contribution < -0.4 is 9.47 Å². The van der Waals surface area contributed by atoms with Gasteiger partial charge in [0.2, 0.25) is 0 Å². The van der Waals surface area contributed by atoms with E-state index < -0.39 is 0 Å². The molecule has 0 atom stereocenters. The molecule has 0 bridgehead atoms. The number of halogens is 1. The molecule has 0 N–H and O–H groups in total. The Kier molecular flexibility index (Phi) is 5.37. The Hall–Kier alpha value is -2.36. The summed E-state index contributed by atoms with van der Waals surface area (Å²) in [5, 5.41) is 10.3. The zero-order valence-electron chi connectivity index (χ0n) is 13.7. The van der Waals surface area contributed by atoms with Crippen LogP contribution in [-0.2, 0) is 0 Å². The van der Waals surface area contributed by atoms with Gasteiger partial charge in [-0.2, -0.15) is 5.26 Å². The number of para-hydroxylation sites is 1. The molecule has 25 heavy (non-hydrogen) atoms. The van der Waals surface area contributed by atoms with Crippen molar-refractivity contribution in [2.75, 3.05) is 13.7 Å². The summed E-state index contributed by atoms with van der Waals surface area (Å²) < 4.78 is 12.8. The number of allylic oxidation sites excluding steroid dienone is 1. The number of nitriles is 1. The highest BCUT2D eigenvalue weighted by molar-refractivity contribution is 9.10. The van der Waals surface area contributed by atoms with E-state index in [0.717, 1.165) is 20.3 Å². The number of ether oxygens (including phenoxy) is 2. The predicted molar refractivity (Wildman–Crippen MR) is 105 cm³/mol. The van der Waals surface area contributed by atoms with E-state index in [9.17, 15) is 5.26 Å². The first kappa shape index (κ1) is 17.5. The summed E-state index contributed by atoms with van der Waals surface area (Å²) in [5.41, 5.74) is 2.25. The Bertz CT molecular complexity index is 956. The Morgan fingerprint density at radius 3 is 2.84 bits per heavy atom. The van der Waals surface area contributed by atoms with Crippen LogP contribution in [0.1, 0.15) is 17.5 Å². The van der Waals surface area contributed by atoms with Crippen molar-refractivity contribution in [2.45, 2.75) is 6.92 Å². The maximum Gasteiger partial charge on any atom is 0.175 e. The molecule has 1 heterocycles. The summed E-state index contributed by atoms with van der Waals surface area (Å²) in [7, 11) is 1.59. The van der Waals surface area contributed by atoms with Gasteiger partial charge in [-0.1, -0.05) is 12.1 Å². The molecule has 6 heteroatoms. The topological polar surface area (TPSA) is 55.1 Å². The van der Waals surface area contributed by atoms with Gasteiger partial charge in [-0.05, 0) is 58.8 Å². The molecule has 0 unspecified atom stereocenters. The van der Waals surface area contributed by atoms with Crippen molar-refractivity contribution in [3.8, 4) is 17.6 Å². The fourth-order valence-electron chi connectivity index (χ4n) is 2.40. The number of thiazole rings is 1. The van der Waals surface area contributed by atoms with E-state index in [4.69, 9.17) is 9.47 Å². The zero-order chi connectivity index (χ0) is 17.8. The lowest BCUT2D eigenvalue weighted by Crippen LogP contribution is -1.97. The highest BCUT2D eigenvalue weighted by Gasteiger charge is 2.13. The van der Waals surface area contributed by atoms with Crippen LogP contribution in [0.3, 0.4) is 0 Å². The predicted octanol–water partition coefficient (Wildman–Crippen LogP) is 5.53. The molecule has 3 rings (SSSR count). The molecule has 126 valence electrons. The van der Waals surface area contributed by atoms with Gasteiger partial charge in [-0.3, -0.25) is 0 Å². The van der Waals surface area contributed by atoms with E-state index in [2.05, 4.69) is 27.0 Å². The lowest BCUT2D eigenvalue weighted by Gasteiger charge is -2.12. The minimum atomic E-state index is 0.513. The summed E-state index contributed by atoms with van der Waals surface area (Å²) in [4.78, 5) is 4.55. The number of aromatic nitrogens is 1. The van der Waals surface area contributed by atoms with Crippen LogP contribution in [0.15, 0.2) is 40.9 Å². The zero-order valence-corrected chi connectivity index (χ0v) is 16.1. The molecule has 0 saturated carbocycles. The van der Waals surface area contributed by atoms with Crippen molar-refractivity contribution in [3.05, 3.63) is 51.4 Å². The van der Waals surface area contributed by atoms with Crippen molar-refractivity contribution in [1.29, 1.82) is 5.26 Å². The first-order valence-electron chi connectivity index (χ1n) is 7.64. The SMILES string of the molecule is CCOc1c(Br)cc(/C=C(\C#N)c2nc3ccccc3s2)cc1OC. The summed E-state index contributed by atoms with van der Waals surface area (Å²) in [6.07, 6.45) is 1.81. The normalized spacial score (nSPS) is 11.4. The van der Waals surface area contributed by atoms with Crippen molar-refractivity contribution in [2.24, 2.45) is 0 Å². The Morgan fingerprint density at radius 2 is 2.16 bits per heavy atom. The van der Waals surface area contributed by atoms with Gasteiger partial charge < -0.3 is 9.47 Å². The van der Waals surface area contributed by atoms with E-state index >= 15 is 0 Å². The van der Waals surface area contributed by atoms with Crippen LogP contribution in [0.25, 0.3) is 21.9 Å². The molecule has 1 aromatic heterocycles. The molecule has 0 radical (unpaired) electrons. The third kappa shape index (κ3) is 3.68. The number of benzene rings is 2. The lowest BCUT2D eigenvalue weighted by molar-refractivity contribution is 0.309. The molecular formula is C19H15BrN2O2S. The third-order valence-electron chi connectivity index (χ3n) is 3.50.